The van der Waals surface area contributed by atoms with Crippen molar-refractivity contribution in [3.05, 3.63) is 84.9 Å². The Morgan fingerprint density at radius 1 is 0.952 bits per heavy atom. The maximum Gasteiger partial charge on any atom is 0.272 e. The zero-order valence-electron chi connectivity index (χ0n) is 22.7. The monoisotopic (exact) mass is 584 g/mol. The van der Waals surface area contributed by atoms with E-state index in [0.717, 1.165) is 31.1 Å². The highest BCUT2D eigenvalue weighted by Crippen LogP contribution is 2.35. The maximum absolute atomic E-state index is 13.5. The summed E-state index contributed by atoms with van der Waals surface area (Å²) in [4.78, 5) is 30.6. The van der Waals surface area contributed by atoms with Gasteiger partial charge < -0.3 is 19.9 Å². The zero-order valence-corrected chi connectivity index (χ0v) is 23.5. The largest absolute Gasteiger partial charge is 0.495 e. The number of fused-ring (bicyclic) bond motifs is 1. The first kappa shape index (κ1) is 27.1. The molecule has 1 fully saturated rings. The second-order valence-electron chi connectivity index (χ2n) is 9.79. The van der Waals surface area contributed by atoms with E-state index < -0.39 is 10.0 Å². The summed E-state index contributed by atoms with van der Waals surface area (Å²) in [7, 11) is -2.30. The third-order valence-corrected chi connectivity index (χ3v) is 8.41. The fourth-order valence-electron chi connectivity index (χ4n) is 5.09. The summed E-state index contributed by atoms with van der Waals surface area (Å²) in [6.07, 6.45) is 8.64. The molecule has 1 amide bonds. The molecule has 214 valence electrons. The molecule has 13 heteroatoms. The Balaban J connectivity index is 1.27. The number of nitrogens with one attached hydrogen (secondary N) is 3. The molecule has 42 heavy (non-hydrogen) atoms. The number of carbonyl (C=O) groups is 1. The van der Waals surface area contributed by atoms with Crippen LogP contribution in [0.5, 0.6) is 5.75 Å². The lowest BCUT2D eigenvalue weighted by Crippen LogP contribution is -2.19. The van der Waals surface area contributed by atoms with Crippen LogP contribution in [0.1, 0.15) is 42.2 Å². The van der Waals surface area contributed by atoms with Gasteiger partial charge in [0.05, 0.1) is 17.7 Å². The number of nitrogens with zero attached hydrogens (tertiary/aromatic N) is 5. The van der Waals surface area contributed by atoms with Crippen molar-refractivity contribution in [3.8, 4) is 5.75 Å². The third-order valence-electron chi connectivity index (χ3n) is 7.07. The van der Waals surface area contributed by atoms with Gasteiger partial charge in [-0.3, -0.25) is 4.79 Å². The van der Waals surface area contributed by atoms with Gasteiger partial charge in [-0.05, 0) is 61.4 Å². The molecule has 0 bridgehead atoms. The first-order valence-electron chi connectivity index (χ1n) is 13.4. The number of hydrogen-bond acceptors (Lipinski definition) is 9. The minimum Gasteiger partial charge on any atom is -0.495 e. The summed E-state index contributed by atoms with van der Waals surface area (Å²) in [5, 5.41) is 6.87. The molecule has 0 atom stereocenters. The molecule has 1 saturated carbocycles. The molecule has 3 heterocycles. The lowest BCUT2D eigenvalue weighted by atomic mass is 10.2. The number of aromatic nitrogens is 5. The smallest absolute Gasteiger partial charge is 0.272 e. The number of methoxy groups -OCH3 is 1. The van der Waals surface area contributed by atoms with Gasteiger partial charge in [0, 0.05) is 35.7 Å². The number of amides is 1. The van der Waals surface area contributed by atoms with E-state index in [1.165, 1.54) is 24.5 Å². The van der Waals surface area contributed by atoms with Crippen LogP contribution in [0.25, 0.3) is 11.0 Å². The first-order chi connectivity index (χ1) is 20.4. The van der Waals surface area contributed by atoms with E-state index >= 15 is 0 Å². The Labute approximate surface area is 242 Å². The molecule has 1 aliphatic rings. The summed E-state index contributed by atoms with van der Waals surface area (Å²) < 4.78 is 35.2. The molecule has 3 aromatic heterocycles. The highest BCUT2D eigenvalue weighted by molar-refractivity contribution is 7.92. The van der Waals surface area contributed by atoms with Crippen LogP contribution in [0.2, 0.25) is 0 Å². The average molecular weight is 585 g/mol. The second kappa shape index (κ2) is 11.4. The summed E-state index contributed by atoms with van der Waals surface area (Å²) in [6.45, 7) is 0. The fraction of sp³-hybridized carbons (Fsp3) is 0.207. The van der Waals surface area contributed by atoms with Gasteiger partial charge in [-0.25, -0.2) is 28.1 Å². The van der Waals surface area contributed by atoms with Crippen molar-refractivity contribution in [1.82, 2.24) is 24.5 Å². The summed E-state index contributed by atoms with van der Waals surface area (Å²) in [6, 6.07) is 17.0. The van der Waals surface area contributed by atoms with Crippen molar-refractivity contribution in [1.29, 1.82) is 0 Å². The summed E-state index contributed by atoms with van der Waals surface area (Å²) >= 11 is 0. The number of rotatable bonds is 9. The molecule has 6 rings (SSSR count). The van der Waals surface area contributed by atoms with Crippen LogP contribution in [0.4, 0.5) is 23.3 Å². The average Bonchev–Trinajstić information content (AvgIpc) is 3.66. The van der Waals surface area contributed by atoms with Crippen molar-refractivity contribution in [3.63, 3.8) is 0 Å². The molecule has 0 radical (unpaired) electrons. The minimum absolute atomic E-state index is 0.0115. The molecule has 12 nitrogen and oxygen atoms in total. The lowest BCUT2D eigenvalue weighted by Gasteiger charge is -2.17. The van der Waals surface area contributed by atoms with E-state index in [9.17, 15) is 13.2 Å². The van der Waals surface area contributed by atoms with Crippen LogP contribution in [-0.4, -0.2) is 45.9 Å². The first-order valence-corrected chi connectivity index (χ1v) is 14.9. The van der Waals surface area contributed by atoms with Gasteiger partial charge in [-0.15, -0.1) is 0 Å². The van der Waals surface area contributed by atoms with Crippen LogP contribution in [0, 0.1) is 0 Å². The molecule has 1 aliphatic carbocycles. The Morgan fingerprint density at radius 3 is 2.43 bits per heavy atom. The lowest BCUT2D eigenvalue weighted by molar-refractivity contribution is 0.101. The number of ether oxygens (including phenoxy) is 1. The highest BCUT2D eigenvalue weighted by Gasteiger charge is 2.26. The van der Waals surface area contributed by atoms with Gasteiger partial charge in [0.25, 0.3) is 15.9 Å². The van der Waals surface area contributed by atoms with Crippen LogP contribution >= 0.6 is 0 Å². The Morgan fingerprint density at radius 2 is 1.69 bits per heavy atom. The van der Waals surface area contributed by atoms with Crippen molar-refractivity contribution >= 4 is 50.2 Å². The van der Waals surface area contributed by atoms with Crippen LogP contribution in [0.15, 0.2) is 84.1 Å². The van der Waals surface area contributed by atoms with Gasteiger partial charge in [0.2, 0.25) is 11.9 Å². The number of benzene rings is 2. The maximum atomic E-state index is 13.5. The Hall–Kier alpha value is -5.04. The Kier molecular flexibility index (Phi) is 7.40. The van der Waals surface area contributed by atoms with E-state index in [2.05, 4.69) is 30.3 Å². The molecule has 3 N–H and O–H groups in total. The molecule has 5 aromatic rings. The number of carbonyl (C=O) groups excluding carboxylic acids is 1. The zero-order chi connectivity index (χ0) is 29.1. The number of sulfonamides is 1. The van der Waals surface area contributed by atoms with E-state index in [1.807, 2.05) is 22.8 Å². The van der Waals surface area contributed by atoms with Crippen LogP contribution in [0.3, 0.4) is 0 Å². The second-order valence-corrected chi connectivity index (χ2v) is 11.5. The van der Waals surface area contributed by atoms with E-state index in [-0.39, 0.29) is 22.8 Å². The molecule has 0 saturated heterocycles. The number of para-hydroxylation sites is 2. The molecule has 0 spiro atoms. The number of anilines is 4. The highest BCUT2D eigenvalue weighted by atomic mass is 32.2. The molecule has 2 aromatic carbocycles. The quantitative estimate of drug-likeness (QED) is 0.214. The summed E-state index contributed by atoms with van der Waals surface area (Å²) in [5.41, 5.74) is 2.32. The topological polar surface area (TPSA) is 153 Å². The van der Waals surface area contributed by atoms with Gasteiger partial charge in [0.15, 0.2) is 0 Å². The van der Waals surface area contributed by atoms with Gasteiger partial charge >= 0.3 is 0 Å². The van der Waals surface area contributed by atoms with Crippen molar-refractivity contribution < 1.29 is 17.9 Å². The van der Waals surface area contributed by atoms with Gasteiger partial charge in [0.1, 0.15) is 17.1 Å². The molecular weight excluding hydrogens is 556 g/mol. The molecule has 0 unspecified atom stereocenters. The number of hydrogen-bond donors (Lipinski definition) is 3. The summed E-state index contributed by atoms with van der Waals surface area (Å²) in [5.74, 6) is 0.624. The van der Waals surface area contributed by atoms with Crippen molar-refractivity contribution in [2.75, 3.05) is 22.5 Å². The van der Waals surface area contributed by atoms with Gasteiger partial charge in [-0.1, -0.05) is 25.0 Å². The fourth-order valence-corrected chi connectivity index (χ4v) is 6.04. The minimum atomic E-state index is -3.86. The SMILES string of the molecule is COc1ccccc1NC(=O)c1cc2cnc(Nc3ccc(S(=O)(=O)Nc4ncccn4)cc3)nc2n1C1CCCC1. The Bertz CT molecular complexity index is 1840. The predicted molar refractivity (Wildman–Crippen MR) is 159 cm³/mol. The predicted octanol–water partition coefficient (Wildman–Crippen LogP) is 5.14. The van der Waals surface area contributed by atoms with E-state index in [4.69, 9.17) is 9.72 Å². The standard InChI is InChI=1S/C29H28N8O4S/c1-41-25-10-5-4-9-23(25)34-27(38)24-17-19-18-32-29(35-26(19)37(24)21-7-2-3-8-21)33-20-11-13-22(14-12-20)42(39,40)36-28-30-15-6-16-31-28/h4-6,9-18,21H,2-3,7-8H2,1H3,(H,34,38)(H,30,31,36)(H,32,33,35). The normalized spacial score (nSPS) is 13.6. The van der Waals surface area contributed by atoms with Crippen molar-refractivity contribution in [2.24, 2.45) is 0 Å². The molecule has 0 aliphatic heterocycles. The van der Waals surface area contributed by atoms with Crippen molar-refractivity contribution in [2.45, 2.75) is 36.6 Å². The third kappa shape index (κ3) is 5.59. The van der Waals surface area contributed by atoms with Crippen LogP contribution < -0.4 is 20.1 Å². The van der Waals surface area contributed by atoms with Crippen LogP contribution in [-0.2, 0) is 10.0 Å². The van der Waals surface area contributed by atoms with E-state index in [1.54, 1.807) is 43.6 Å². The van der Waals surface area contributed by atoms with E-state index in [0.29, 0.717) is 34.4 Å². The van der Waals surface area contributed by atoms with Gasteiger partial charge in [-0.2, -0.15) is 4.98 Å². The molecular formula is C29H28N8O4S.